The van der Waals surface area contributed by atoms with Gasteiger partial charge in [-0.1, -0.05) is 38.3 Å². The second kappa shape index (κ2) is 13.0. The number of anilines is 1. The third-order valence-corrected chi connectivity index (χ3v) is 7.84. The highest BCUT2D eigenvalue weighted by Crippen LogP contribution is 2.23. The van der Waals surface area contributed by atoms with E-state index in [9.17, 15) is 26.8 Å². The Bertz CT molecular complexity index is 1230. The molecule has 0 heterocycles. The van der Waals surface area contributed by atoms with Crippen LogP contribution in [0.2, 0.25) is 0 Å². The molecular weight excluding hydrogens is 516 g/mol. The summed E-state index contributed by atoms with van der Waals surface area (Å²) in [7, 11) is -2.54. The molecule has 0 saturated heterocycles. The summed E-state index contributed by atoms with van der Waals surface area (Å²) in [6, 6.07) is 8.77. The van der Waals surface area contributed by atoms with E-state index in [0.29, 0.717) is 15.6 Å². The van der Waals surface area contributed by atoms with Gasteiger partial charge in [0.15, 0.2) is 11.6 Å². The molecule has 0 radical (unpaired) electrons. The lowest BCUT2D eigenvalue weighted by Gasteiger charge is -2.34. The lowest BCUT2D eigenvalue weighted by molar-refractivity contribution is -0.140. The van der Waals surface area contributed by atoms with Gasteiger partial charge < -0.3 is 15.0 Å². The molecule has 2 amide bonds. The van der Waals surface area contributed by atoms with Crippen LogP contribution in [0.1, 0.15) is 51.0 Å². The highest BCUT2D eigenvalue weighted by Gasteiger charge is 2.33. The van der Waals surface area contributed by atoms with Gasteiger partial charge in [-0.25, -0.2) is 17.2 Å². The van der Waals surface area contributed by atoms with Crippen LogP contribution >= 0.6 is 0 Å². The first kappa shape index (κ1) is 29.3. The molecule has 0 bridgehead atoms. The number of methoxy groups -OCH3 is 1. The van der Waals surface area contributed by atoms with Gasteiger partial charge in [0.25, 0.3) is 0 Å². The van der Waals surface area contributed by atoms with Crippen molar-refractivity contribution in [1.29, 1.82) is 0 Å². The maximum Gasteiger partial charge on any atom is 0.244 e. The van der Waals surface area contributed by atoms with Crippen molar-refractivity contribution in [2.75, 3.05) is 24.2 Å². The number of nitrogens with one attached hydrogen (secondary N) is 1. The quantitative estimate of drug-likeness (QED) is 0.456. The molecule has 38 heavy (non-hydrogen) atoms. The molecule has 3 rings (SSSR count). The molecule has 11 heteroatoms. The van der Waals surface area contributed by atoms with Crippen molar-refractivity contribution in [2.45, 2.75) is 64.1 Å². The van der Waals surface area contributed by atoms with Crippen LogP contribution in [0.25, 0.3) is 0 Å². The van der Waals surface area contributed by atoms with E-state index in [0.717, 1.165) is 56.6 Å². The van der Waals surface area contributed by atoms with E-state index in [1.165, 1.54) is 12.0 Å². The minimum absolute atomic E-state index is 0.0159. The number of ether oxygens (including phenoxy) is 1. The van der Waals surface area contributed by atoms with Crippen molar-refractivity contribution in [3.05, 3.63) is 59.7 Å². The number of benzene rings is 2. The number of halogens is 2. The fourth-order valence-corrected chi connectivity index (χ4v) is 5.53. The molecule has 1 atom stereocenters. The Morgan fingerprint density at radius 1 is 1.08 bits per heavy atom. The first-order chi connectivity index (χ1) is 18.0. The molecule has 1 aliphatic rings. The number of nitrogens with zero attached hydrogens (tertiary/aromatic N) is 2. The lowest BCUT2D eigenvalue weighted by Crippen LogP contribution is -2.53. The molecule has 1 N–H and O–H groups in total. The van der Waals surface area contributed by atoms with Crippen LogP contribution in [-0.2, 0) is 26.2 Å². The first-order valence-electron chi connectivity index (χ1n) is 12.7. The highest BCUT2D eigenvalue weighted by atomic mass is 32.2. The van der Waals surface area contributed by atoms with E-state index in [1.807, 2.05) is 0 Å². The number of carbonyl (C=O) groups is 2. The summed E-state index contributed by atoms with van der Waals surface area (Å²) in [5.41, 5.74) is 0.487. The monoisotopic (exact) mass is 551 g/mol. The third-order valence-electron chi connectivity index (χ3n) is 6.69. The van der Waals surface area contributed by atoms with E-state index < -0.39 is 40.2 Å². The second-order valence-electron chi connectivity index (χ2n) is 9.51. The van der Waals surface area contributed by atoms with E-state index in [1.54, 1.807) is 31.2 Å². The average molecular weight is 552 g/mol. The fraction of sp³-hybridized carbons (Fsp3) is 0.481. The van der Waals surface area contributed by atoms with Gasteiger partial charge >= 0.3 is 0 Å². The molecular formula is C27H35F2N3O5S. The Morgan fingerprint density at radius 3 is 2.39 bits per heavy atom. The maximum absolute atomic E-state index is 13.9. The number of carbonyl (C=O) groups excluding carboxylic acids is 2. The van der Waals surface area contributed by atoms with Gasteiger partial charge in [-0.2, -0.15) is 0 Å². The molecule has 208 valence electrons. The Hall–Kier alpha value is -3.21. The molecule has 0 unspecified atom stereocenters. The van der Waals surface area contributed by atoms with Gasteiger partial charge in [0.1, 0.15) is 18.3 Å². The van der Waals surface area contributed by atoms with Gasteiger partial charge in [0, 0.05) is 18.7 Å². The highest BCUT2D eigenvalue weighted by molar-refractivity contribution is 7.92. The summed E-state index contributed by atoms with van der Waals surface area (Å²) in [5.74, 6) is -2.79. The summed E-state index contributed by atoms with van der Waals surface area (Å²) in [6.07, 6.45) is 6.06. The summed E-state index contributed by atoms with van der Waals surface area (Å²) in [4.78, 5) is 28.4. The zero-order chi connectivity index (χ0) is 27.9. The summed E-state index contributed by atoms with van der Waals surface area (Å²) in [5, 5.41) is 3.06. The molecule has 1 fully saturated rings. The molecule has 2 aromatic carbocycles. The topological polar surface area (TPSA) is 96.0 Å². The van der Waals surface area contributed by atoms with E-state index in [2.05, 4.69) is 5.32 Å². The van der Waals surface area contributed by atoms with Crippen LogP contribution in [0, 0.1) is 11.6 Å². The molecule has 0 spiro atoms. The normalized spacial score (nSPS) is 15.0. The number of hydrogen-bond donors (Lipinski definition) is 1. The van der Waals surface area contributed by atoms with Crippen molar-refractivity contribution in [2.24, 2.45) is 0 Å². The standard InChI is InChI=1S/C27H35F2N3O5S/c1-4-25(27(34)30-20-10-6-5-7-11-20)31(17-19-9-8-12-22(15-19)37-2)26(33)18-32(38(3,35)36)21-13-14-23(28)24(29)16-21/h8-9,12-16,20,25H,4-7,10-11,17-18H2,1-3H3,(H,30,34)/t25-/m1/s1. The van der Waals surface area contributed by atoms with E-state index in [4.69, 9.17) is 4.74 Å². The van der Waals surface area contributed by atoms with Gasteiger partial charge in [0.05, 0.1) is 19.1 Å². The first-order valence-corrected chi connectivity index (χ1v) is 14.5. The molecule has 0 aromatic heterocycles. The zero-order valence-electron chi connectivity index (χ0n) is 22.0. The number of hydrogen-bond acceptors (Lipinski definition) is 5. The minimum Gasteiger partial charge on any atom is -0.497 e. The summed E-state index contributed by atoms with van der Waals surface area (Å²) < 4.78 is 58.7. The van der Waals surface area contributed by atoms with Crippen molar-refractivity contribution in [3.8, 4) is 5.75 Å². The Balaban J connectivity index is 1.94. The molecule has 1 saturated carbocycles. The van der Waals surface area contributed by atoms with Crippen molar-refractivity contribution < 1.29 is 31.5 Å². The Labute approximate surface area is 223 Å². The SMILES string of the molecule is CC[C@H](C(=O)NC1CCCCC1)N(Cc1cccc(OC)c1)C(=O)CN(c1ccc(F)c(F)c1)S(C)(=O)=O. The van der Waals surface area contributed by atoms with Crippen LogP contribution < -0.4 is 14.4 Å². The molecule has 0 aliphatic heterocycles. The summed E-state index contributed by atoms with van der Waals surface area (Å²) in [6.45, 7) is 1.10. The Kier molecular flexibility index (Phi) is 10.1. The minimum atomic E-state index is -4.06. The second-order valence-corrected chi connectivity index (χ2v) is 11.4. The van der Waals surface area contributed by atoms with Crippen molar-refractivity contribution >= 4 is 27.5 Å². The van der Waals surface area contributed by atoms with E-state index >= 15 is 0 Å². The van der Waals surface area contributed by atoms with Gasteiger partial charge in [0.2, 0.25) is 21.8 Å². The van der Waals surface area contributed by atoms with E-state index in [-0.39, 0.29) is 30.6 Å². The van der Waals surface area contributed by atoms with Crippen LogP contribution in [0.3, 0.4) is 0 Å². The van der Waals surface area contributed by atoms with Crippen molar-refractivity contribution in [3.63, 3.8) is 0 Å². The zero-order valence-corrected chi connectivity index (χ0v) is 22.8. The Morgan fingerprint density at radius 2 is 1.79 bits per heavy atom. The smallest absolute Gasteiger partial charge is 0.244 e. The van der Waals surface area contributed by atoms with Crippen LogP contribution in [0.5, 0.6) is 5.75 Å². The number of rotatable bonds is 11. The van der Waals surface area contributed by atoms with Gasteiger partial charge in [-0.05, 0) is 49.1 Å². The molecule has 2 aromatic rings. The molecule has 8 nitrogen and oxygen atoms in total. The van der Waals surface area contributed by atoms with Crippen LogP contribution in [0.4, 0.5) is 14.5 Å². The fourth-order valence-electron chi connectivity index (χ4n) is 4.69. The van der Waals surface area contributed by atoms with Crippen molar-refractivity contribution in [1.82, 2.24) is 10.2 Å². The summed E-state index contributed by atoms with van der Waals surface area (Å²) >= 11 is 0. The number of amides is 2. The van der Waals surface area contributed by atoms with Crippen LogP contribution in [0.15, 0.2) is 42.5 Å². The number of sulfonamides is 1. The average Bonchev–Trinajstić information content (AvgIpc) is 2.88. The third kappa shape index (κ3) is 7.66. The van der Waals surface area contributed by atoms with Gasteiger partial charge in [-0.15, -0.1) is 0 Å². The van der Waals surface area contributed by atoms with Crippen LogP contribution in [-0.4, -0.2) is 57.1 Å². The molecule has 1 aliphatic carbocycles. The lowest BCUT2D eigenvalue weighted by atomic mass is 9.95. The van der Waals surface area contributed by atoms with Gasteiger partial charge in [-0.3, -0.25) is 13.9 Å². The maximum atomic E-state index is 13.9. The predicted molar refractivity (Wildman–Crippen MR) is 141 cm³/mol. The largest absolute Gasteiger partial charge is 0.497 e. The predicted octanol–water partition coefficient (Wildman–Crippen LogP) is 4.00.